The molecule has 1 heterocycles. The maximum absolute atomic E-state index is 14.7. The van der Waals surface area contributed by atoms with Crippen molar-refractivity contribution >= 4 is 34.1 Å². The van der Waals surface area contributed by atoms with Gasteiger partial charge in [-0.2, -0.15) is 13.2 Å². The molecule has 0 aliphatic rings. The molecule has 0 radical (unpaired) electrons. The van der Waals surface area contributed by atoms with Gasteiger partial charge in [-0.25, -0.2) is 4.39 Å². The highest BCUT2D eigenvalue weighted by Crippen LogP contribution is 2.38. The molecule has 192 valence electrons. The van der Waals surface area contributed by atoms with Gasteiger partial charge in [-0.15, -0.1) is 0 Å². The van der Waals surface area contributed by atoms with Gasteiger partial charge in [-0.1, -0.05) is 17.7 Å². The number of anilines is 1. The molecule has 4 aromatic rings. The fraction of sp³-hybridized carbons (Fsp3) is 0.154. The molecular formula is C26H19ClF4N2O4. The fourth-order valence-electron chi connectivity index (χ4n) is 3.60. The Hall–Kier alpha value is -4.05. The molecule has 0 aliphatic heterocycles. The van der Waals surface area contributed by atoms with E-state index in [-0.39, 0.29) is 17.0 Å². The van der Waals surface area contributed by atoms with Crippen LogP contribution in [0, 0.1) is 5.82 Å². The van der Waals surface area contributed by atoms with Gasteiger partial charge in [0.1, 0.15) is 17.3 Å². The number of amides is 1. The number of nitrogens with zero attached hydrogens (tertiary/aromatic N) is 1. The highest BCUT2D eigenvalue weighted by Gasteiger charge is 2.33. The maximum Gasteiger partial charge on any atom is 0.417 e. The molecule has 6 nitrogen and oxygen atoms in total. The third-order valence-corrected chi connectivity index (χ3v) is 5.68. The van der Waals surface area contributed by atoms with Crippen molar-refractivity contribution in [3.63, 3.8) is 0 Å². The van der Waals surface area contributed by atoms with Crippen LogP contribution in [0.25, 0.3) is 10.9 Å². The second-order valence-corrected chi connectivity index (χ2v) is 8.22. The van der Waals surface area contributed by atoms with Gasteiger partial charge < -0.3 is 19.5 Å². The Kier molecular flexibility index (Phi) is 7.40. The summed E-state index contributed by atoms with van der Waals surface area (Å²) in [5.41, 5.74) is -0.568. The van der Waals surface area contributed by atoms with Crippen molar-refractivity contribution in [2.45, 2.75) is 12.6 Å². The molecule has 0 bridgehead atoms. The Labute approximate surface area is 213 Å². The Morgan fingerprint density at radius 1 is 0.973 bits per heavy atom. The lowest BCUT2D eigenvalue weighted by atomic mass is 10.1. The molecule has 1 amide bonds. The second-order valence-electron chi connectivity index (χ2n) is 7.81. The molecule has 1 N–H and O–H groups in total. The van der Waals surface area contributed by atoms with E-state index in [9.17, 15) is 22.4 Å². The maximum atomic E-state index is 14.7. The van der Waals surface area contributed by atoms with Crippen molar-refractivity contribution < 1.29 is 36.6 Å². The molecule has 0 saturated heterocycles. The summed E-state index contributed by atoms with van der Waals surface area (Å²) in [7, 11) is 2.99. The molecule has 0 aliphatic carbocycles. The lowest BCUT2D eigenvalue weighted by Crippen LogP contribution is -2.16. The van der Waals surface area contributed by atoms with Gasteiger partial charge in [-0.3, -0.25) is 9.78 Å². The summed E-state index contributed by atoms with van der Waals surface area (Å²) in [6.07, 6.45) is -3.55. The number of fused-ring (bicyclic) bond motifs is 1. The van der Waals surface area contributed by atoms with Gasteiger partial charge in [0.15, 0.2) is 11.5 Å². The first-order valence-electron chi connectivity index (χ1n) is 10.7. The fourth-order valence-corrected chi connectivity index (χ4v) is 3.83. The van der Waals surface area contributed by atoms with E-state index in [1.165, 1.54) is 38.6 Å². The standard InChI is InChI=1S/C26H19ClF4N2O4/c1-35-23-12-16-21(13-24(23)36-2)32-8-7-22(16)37-15-4-6-20(19(28)11-15)33-25(34)10-14-3-5-18(27)17(9-14)26(29,30)31/h3-9,11-13H,10H2,1-2H3,(H,33,34). The number of halogens is 5. The Morgan fingerprint density at radius 3 is 2.38 bits per heavy atom. The van der Waals surface area contributed by atoms with Gasteiger partial charge in [0.25, 0.3) is 0 Å². The van der Waals surface area contributed by atoms with Crippen LogP contribution in [0.3, 0.4) is 0 Å². The van der Waals surface area contributed by atoms with E-state index in [4.69, 9.17) is 25.8 Å². The summed E-state index contributed by atoms with van der Waals surface area (Å²) in [6.45, 7) is 0. The lowest BCUT2D eigenvalue weighted by Gasteiger charge is -2.13. The number of hydrogen-bond acceptors (Lipinski definition) is 5. The summed E-state index contributed by atoms with van der Waals surface area (Å²) in [5, 5.41) is 2.48. The van der Waals surface area contributed by atoms with Crippen molar-refractivity contribution in [1.82, 2.24) is 4.98 Å². The first-order chi connectivity index (χ1) is 17.6. The molecule has 0 saturated carbocycles. The van der Waals surface area contributed by atoms with Crippen LogP contribution in [0.15, 0.2) is 60.8 Å². The SMILES string of the molecule is COc1cc2nccc(Oc3ccc(NC(=O)Cc4ccc(Cl)c(C(F)(F)F)c4)c(F)c3)c2cc1OC. The molecule has 1 aromatic heterocycles. The zero-order chi connectivity index (χ0) is 26.7. The molecular weight excluding hydrogens is 516 g/mol. The van der Waals surface area contributed by atoms with Crippen LogP contribution >= 0.6 is 11.6 Å². The molecule has 0 unspecified atom stereocenters. The zero-order valence-electron chi connectivity index (χ0n) is 19.5. The van der Waals surface area contributed by atoms with E-state index in [1.54, 1.807) is 18.2 Å². The van der Waals surface area contributed by atoms with Crippen molar-refractivity contribution in [2.75, 3.05) is 19.5 Å². The van der Waals surface area contributed by atoms with Crippen LogP contribution in [0.5, 0.6) is 23.0 Å². The normalized spacial score (nSPS) is 11.3. The van der Waals surface area contributed by atoms with Gasteiger partial charge >= 0.3 is 6.18 Å². The smallest absolute Gasteiger partial charge is 0.417 e. The highest BCUT2D eigenvalue weighted by atomic mass is 35.5. The van der Waals surface area contributed by atoms with E-state index in [2.05, 4.69) is 10.3 Å². The predicted molar refractivity (Wildman–Crippen MR) is 130 cm³/mol. The third kappa shape index (κ3) is 5.86. The summed E-state index contributed by atoms with van der Waals surface area (Å²) in [5.74, 6) is -0.0328. The van der Waals surface area contributed by atoms with E-state index >= 15 is 0 Å². The lowest BCUT2D eigenvalue weighted by molar-refractivity contribution is -0.137. The Morgan fingerprint density at radius 2 is 1.70 bits per heavy atom. The minimum Gasteiger partial charge on any atom is -0.493 e. The van der Waals surface area contributed by atoms with Gasteiger partial charge in [0.2, 0.25) is 5.91 Å². The zero-order valence-corrected chi connectivity index (χ0v) is 20.2. The van der Waals surface area contributed by atoms with Crippen LogP contribution in [-0.2, 0) is 17.4 Å². The summed E-state index contributed by atoms with van der Waals surface area (Å²) in [6, 6.07) is 11.9. The van der Waals surface area contributed by atoms with Crippen LogP contribution in [0.2, 0.25) is 5.02 Å². The molecule has 3 aromatic carbocycles. The van der Waals surface area contributed by atoms with Gasteiger partial charge in [0, 0.05) is 23.7 Å². The first-order valence-corrected chi connectivity index (χ1v) is 11.1. The number of alkyl halides is 3. The Bertz CT molecular complexity index is 1480. The molecule has 0 atom stereocenters. The minimum absolute atomic E-state index is 0.0752. The van der Waals surface area contributed by atoms with Crippen LogP contribution in [0.1, 0.15) is 11.1 Å². The average Bonchev–Trinajstić information content (AvgIpc) is 2.85. The van der Waals surface area contributed by atoms with Crippen molar-refractivity contribution in [1.29, 1.82) is 0 Å². The number of benzene rings is 3. The number of rotatable bonds is 7. The monoisotopic (exact) mass is 534 g/mol. The minimum atomic E-state index is -4.66. The predicted octanol–water partition coefficient (Wildman–Crippen LogP) is 7.04. The largest absolute Gasteiger partial charge is 0.493 e. The highest BCUT2D eigenvalue weighted by molar-refractivity contribution is 6.31. The number of hydrogen-bond donors (Lipinski definition) is 1. The summed E-state index contributed by atoms with van der Waals surface area (Å²) < 4.78 is 70.4. The number of carbonyl (C=O) groups excluding carboxylic acids is 1. The first kappa shape index (κ1) is 26.0. The third-order valence-electron chi connectivity index (χ3n) is 5.35. The van der Waals surface area contributed by atoms with Crippen LogP contribution in [0.4, 0.5) is 23.2 Å². The van der Waals surface area contributed by atoms with E-state index in [0.29, 0.717) is 28.2 Å². The topological polar surface area (TPSA) is 69.7 Å². The van der Waals surface area contributed by atoms with Crippen molar-refractivity contribution in [3.05, 3.63) is 82.8 Å². The second kappa shape index (κ2) is 10.5. The number of methoxy groups -OCH3 is 2. The van der Waals surface area contributed by atoms with Crippen molar-refractivity contribution in [3.8, 4) is 23.0 Å². The average molecular weight is 535 g/mol. The molecule has 4 rings (SSSR count). The number of aromatic nitrogens is 1. The molecule has 11 heteroatoms. The number of nitrogens with one attached hydrogen (secondary N) is 1. The number of ether oxygens (including phenoxy) is 3. The van der Waals surface area contributed by atoms with Crippen LogP contribution in [-0.4, -0.2) is 25.1 Å². The molecule has 37 heavy (non-hydrogen) atoms. The van der Waals surface area contributed by atoms with Crippen LogP contribution < -0.4 is 19.5 Å². The van der Waals surface area contributed by atoms with Gasteiger partial charge in [-0.05, 0) is 42.0 Å². The number of pyridine rings is 1. The molecule has 0 fully saturated rings. The van der Waals surface area contributed by atoms with E-state index < -0.39 is 34.9 Å². The number of carbonyl (C=O) groups is 1. The van der Waals surface area contributed by atoms with E-state index in [0.717, 1.165) is 18.2 Å². The molecule has 0 spiro atoms. The summed E-state index contributed by atoms with van der Waals surface area (Å²) in [4.78, 5) is 16.6. The summed E-state index contributed by atoms with van der Waals surface area (Å²) >= 11 is 5.60. The van der Waals surface area contributed by atoms with Crippen molar-refractivity contribution in [2.24, 2.45) is 0 Å². The Balaban J connectivity index is 1.50. The quantitative estimate of drug-likeness (QED) is 0.258. The van der Waals surface area contributed by atoms with Gasteiger partial charge in [0.05, 0.1) is 42.4 Å². The van der Waals surface area contributed by atoms with E-state index in [1.807, 2.05) is 0 Å².